The number of nitrogens with zero attached hydrogens (tertiary/aromatic N) is 1. The highest BCUT2D eigenvalue weighted by Gasteiger charge is 2.33. The van der Waals surface area contributed by atoms with E-state index in [1.165, 1.54) is 7.11 Å². The Bertz CT molecular complexity index is 734. The zero-order valence-corrected chi connectivity index (χ0v) is 13.4. The van der Waals surface area contributed by atoms with Gasteiger partial charge in [-0.25, -0.2) is 4.79 Å². The Morgan fingerprint density at radius 3 is 2.82 bits per heavy atom. The number of nitrogens with one attached hydrogen (secondary N) is 1. The Kier molecular flexibility index (Phi) is 3.71. The summed E-state index contributed by atoms with van der Waals surface area (Å²) < 4.78 is 4.87. The molecule has 1 atom stereocenters. The Hall–Kier alpha value is -2.20. The molecule has 3 rings (SSSR count). The summed E-state index contributed by atoms with van der Waals surface area (Å²) in [6.07, 6.45) is 3.65. The lowest BCUT2D eigenvalue weighted by molar-refractivity contribution is -0.135. The van der Waals surface area contributed by atoms with Gasteiger partial charge in [-0.15, -0.1) is 0 Å². The van der Waals surface area contributed by atoms with Gasteiger partial charge in [-0.05, 0) is 37.6 Å². The molecule has 0 saturated heterocycles. The van der Waals surface area contributed by atoms with Gasteiger partial charge in [0.2, 0.25) is 0 Å². The van der Waals surface area contributed by atoms with Crippen LogP contribution in [0.3, 0.4) is 0 Å². The van der Waals surface area contributed by atoms with Crippen LogP contribution in [0.5, 0.6) is 0 Å². The maximum Gasteiger partial charge on any atom is 0.339 e. The molecule has 0 amide bonds. The minimum atomic E-state index is -0.352. The lowest BCUT2D eigenvalue weighted by Gasteiger charge is -2.31. The van der Waals surface area contributed by atoms with Gasteiger partial charge in [0.25, 0.3) is 0 Å². The molecule has 0 aromatic heterocycles. The quantitative estimate of drug-likeness (QED) is 0.850. The molecule has 0 fully saturated rings. The van der Waals surface area contributed by atoms with Crippen LogP contribution < -0.4 is 5.32 Å². The predicted molar refractivity (Wildman–Crippen MR) is 86.7 cm³/mol. The molecule has 1 aromatic carbocycles. The molecule has 0 saturated carbocycles. The standard InChI is InChI=1S/C17H17ClN2O2/c1-10-11(2)20-9-13(17(21)22-3)8-15(16(20)19-10)12-5-4-6-14(18)7-12/h4-9,16,19H,1-3H3. The van der Waals surface area contributed by atoms with E-state index in [0.29, 0.717) is 10.6 Å². The average Bonchev–Trinajstić information content (AvgIpc) is 2.81. The van der Waals surface area contributed by atoms with Crippen molar-refractivity contribution >= 4 is 23.1 Å². The largest absolute Gasteiger partial charge is 0.465 e. The van der Waals surface area contributed by atoms with Gasteiger partial charge in [0.1, 0.15) is 6.17 Å². The van der Waals surface area contributed by atoms with Crippen LogP contribution in [0.4, 0.5) is 0 Å². The van der Waals surface area contributed by atoms with E-state index in [1.807, 2.05) is 50.4 Å². The first kappa shape index (κ1) is 14.7. The molecule has 22 heavy (non-hydrogen) atoms. The van der Waals surface area contributed by atoms with Gasteiger partial charge in [-0.3, -0.25) is 0 Å². The van der Waals surface area contributed by atoms with Crippen LogP contribution in [-0.4, -0.2) is 24.1 Å². The van der Waals surface area contributed by atoms with Crippen LogP contribution >= 0.6 is 11.6 Å². The van der Waals surface area contributed by atoms with Gasteiger partial charge in [0.05, 0.1) is 12.7 Å². The number of ether oxygens (including phenoxy) is 1. The summed E-state index contributed by atoms with van der Waals surface area (Å²) in [7, 11) is 1.39. The summed E-state index contributed by atoms with van der Waals surface area (Å²) in [6.45, 7) is 4.05. The fourth-order valence-electron chi connectivity index (χ4n) is 2.74. The van der Waals surface area contributed by atoms with Crippen molar-refractivity contribution in [2.45, 2.75) is 20.0 Å². The highest BCUT2D eigenvalue weighted by Crippen LogP contribution is 2.35. The van der Waals surface area contributed by atoms with E-state index in [0.717, 1.165) is 22.5 Å². The Labute approximate surface area is 134 Å². The van der Waals surface area contributed by atoms with Crippen molar-refractivity contribution in [3.8, 4) is 0 Å². The normalized spacial score (nSPS) is 20.2. The summed E-state index contributed by atoms with van der Waals surface area (Å²) in [6, 6.07) is 7.62. The van der Waals surface area contributed by atoms with E-state index in [4.69, 9.17) is 16.3 Å². The molecule has 114 valence electrons. The van der Waals surface area contributed by atoms with Crippen LogP contribution in [0, 0.1) is 0 Å². The predicted octanol–water partition coefficient (Wildman–Crippen LogP) is 3.28. The number of fused-ring (bicyclic) bond motifs is 1. The summed E-state index contributed by atoms with van der Waals surface area (Å²) in [4.78, 5) is 14.0. The Morgan fingerprint density at radius 1 is 1.36 bits per heavy atom. The minimum absolute atomic E-state index is 0.0353. The first-order valence-electron chi connectivity index (χ1n) is 7.01. The third-order valence-corrected chi connectivity index (χ3v) is 4.26. The fourth-order valence-corrected chi connectivity index (χ4v) is 2.93. The number of rotatable bonds is 2. The van der Waals surface area contributed by atoms with Crippen molar-refractivity contribution in [3.63, 3.8) is 0 Å². The van der Waals surface area contributed by atoms with Crippen LogP contribution in [-0.2, 0) is 9.53 Å². The van der Waals surface area contributed by atoms with E-state index in [1.54, 1.807) is 0 Å². The first-order valence-corrected chi connectivity index (χ1v) is 7.39. The highest BCUT2D eigenvalue weighted by atomic mass is 35.5. The maximum absolute atomic E-state index is 12.0. The maximum atomic E-state index is 12.0. The van der Waals surface area contributed by atoms with Crippen molar-refractivity contribution < 1.29 is 9.53 Å². The molecule has 5 heteroatoms. The minimum Gasteiger partial charge on any atom is -0.465 e. The second-order valence-electron chi connectivity index (χ2n) is 5.35. The second-order valence-corrected chi connectivity index (χ2v) is 5.79. The van der Waals surface area contributed by atoms with Crippen molar-refractivity contribution in [2.75, 3.05) is 7.11 Å². The van der Waals surface area contributed by atoms with Gasteiger partial charge in [0.15, 0.2) is 0 Å². The number of halogens is 1. The van der Waals surface area contributed by atoms with Crippen molar-refractivity contribution in [3.05, 3.63) is 64.1 Å². The molecule has 0 spiro atoms. The second kappa shape index (κ2) is 5.54. The molecule has 0 radical (unpaired) electrons. The summed E-state index contributed by atoms with van der Waals surface area (Å²) in [5.74, 6) is -0.352. The van der Waals surface area contributed by atoms with Crippen molar-refractivity contribution in [1.82, 2.24) is 10.2 Å². The van der Waals surface area contributed by atoms with Gasteiger partial charge < -0.3 is 15.0 Å². The van der Waals surface area contributed by atoms with E-state index in [-0.39, 0.29) is 12.1 Å². The van der Waals surface area contributed by atoms with Crippen LogP contribution in [0.2, 0.25) is 5.02 Å². The number of carbonyl (C=O) groups excluding carboxylic acids is 1. The lowest BCUT2D eigenvalue weighted by atomic mass is 9.97. The fraction of sp³-hybridized carbons (Fsp3) is 0.235. The number of hydrogen-bond acceptors (Lipinski definition) is 4. The molecule has 0 bridgehead atoms. The molecule has 2 aliphatic heterocycles. The van der Waals surface area contributed by atoms with E-state index >= 15 is 0 Å². The number of allylic oxidation sites excluding steroid dienone is 2. The summed E-state index contributed by atoms with van der Waals surface area (Å²) in [5.41, 5.74) is 4.65. The Balaban J connectivity index is 2.10. The third kappa shape index (κ3) is 2.40. The Morgan fingerprint density at radius 2 is 2.14 bits per heavy atom. The first-order chi connectivity index (χ1) is 10.5. The molecule has 0 aliphatic carbocycles. The van der Waals surface area contributed by atoms with Gasteiger partial charge >= 0.3 is 5.97 Å². The number of methoxy groups -OCH3 is 1. The topological polar surface area (TPSA) is 41.6 Å². The average molecular weight is 317 g/mol. The van der Waals surface area contributed by atoms with Crippen molar-refractivity contribution in [1.29, 1.82) is 0 Å². The van der Waals surface area contributed by atoms with E-state index in [9.17, 15) is 4.79 Å². The molecule has 1 N–H and O–H groups in total. The monoisotopic (exact) mass is 316 g/mol. The molecule has 1 unspecified atom stereocenters. The van der Waals surface area contributed by atoms with Gasteiger partial charge in [0, 0.05) is 28.2 Å². The SMILES string of the molecule is COC(=O)C1=CN2C(C)=C(C)NC2C(c2cccc(Cl)c2)=C1. The van der Waals surface area contributed by atoms with Crippen LogP contribution in [0.25, 0.3) is 5.57 Å². The number of benzene rings is 1. The zero-order valence-electron chi connectivity index (χ0n) is 12.7. The van der Waals surface area contributed by atoms with E-state index < -0.39 is 0 Å². The molecule has 2 aliphatic rings. The molecular weight excluding hydrogens is 300 g/mol. The number of carbonyl (C=O) groups is 1. The smallest absolute Gasteiger partial charge is 0.339 e. The lowest BCUT2D eigenvalue weighted by Crippen LogP contribution is -2.37. The summed E-state index contributed by atoms with van der Waals surface area (Å²) in [5, 5.41) is 4.11. The molecule has 2 heterocycles. The zero-order chi connectivity index (χ0) is 15.9. The highest BCUT2D eigenvalue weighted by molar-refractivity contribution is 6.30. The number of hydrogen-bond donors (Lipinski definition) is 1. The molecule has 4 nitrogen and oxygen atoms in total. The van der Waals surface area contributed by atoms with Crippen LogP contribution in [0.15, 0.2) is 53.5 Å². The van der Waals surface area contributed by atoms with Crippen LogP contribution in [0.1, 0.15) is 19.4 Å². The van der Waals surface area contributed by atoms with Gasteiger partial charge in [-0.1, -0.05) is 23.7 Å². The number of esters is 1. The van der Waals surface area contributed by atoms with E-state index in [2.05, 4.69) is 10.2 Å². The third-order valence-electron chi connectivity index (χ3n) is 4.02. The summed E-state index contributed by atoms with van der Waals surface area (Å²) >= 11 is 6.11. The van der Waals surface area contributed by atoms with Crippen molar-refractivity contribution in [2.24, 2.45) is 0 Å². The molecular formula is C17H17ClN2O2. The molecule has 1 aromatic rings. The van der Waals surface area contributed by atoms with Gasteiger partial charge in [-0.2, -0.15) is 0 Å².